The third-order valence-corrected chi connectivity index (χ3v) is 2.09. The van der Waals surface area contributed by atoms with Gasteiger partial charge in [0.25, 0.3) is 0 Å². The molecule has 0 atom stereocenters. The molecular formula is C12H11FN+. The fourth-order valence-corrected chi connectivity index (χ4v) is 1.36. The Morgan fingerprint density at radius 3 is 2.36 bits per heavy atom. The van der Waals surface area contributed by atoms with Crippen molar-refractivity contribution in [2.45, 2.75) is 6.54 Å². The summed E-state index contributed by atoms with van der Waals surface area (Å²) < 4.78 is 15.2. The third kappa shape index (κ3) is 1.96. The van der Waals surface area contributed by atoms with E-state index in [1.54, 1.807) is 12.1 Å². The fourth-order valence-electron chi connectivity index (χ4n) is 1.36. The van der Waals surface area contributed by atoms with Gasteiger partial charge in [0, 0.05) is 12.1 Å². The van der Waals surface area contributed by atoms with Crippen LogP contribution in [-0.4, -0.2) is 0 Å². The van der Waals surface area contributed by atoms with Gasteiger partial charge in [-0.1, -0.05) is 18.2 Å². The lowest BCUT2D eigenvalue weighted by Gasteiger charge is -1.98. The molecule has 0 aliphatic carbocycles. The molecule has 0 bridgehead atoms. The quantitative estimate of drug-likeness (QED) is 0.636. The SMILES string of the molecule is Fc1ccccc1C[n+]1ccccc1. The van der Waals surface area contributed by atoms with E-state index in [4.69, 9.17) is 0 Å². The van der Waals surface area contributed by atoms with E-state index in [9.17, 15) is 4.39 Å². The van der Waals surface area contributed by atoms with E-state index >= 15 is 0 Å². The number of nitrogens with zero attached hydrogens (tertiary/aromatic N) is 1. The minimum atomic E-state index is -0.149. The maximum Gasteiger partial charge on any atom is 0.176 e. The predicted octanol–water partition coefficient (Wildman–Crippen LogP) is 2.16. The van der Waals surface area contributed by atoms with Gasteiger partial charge in [-0.15, -0.1) is 0 Å². The first-order valence-electron chi connectivity index (χ1n) is 4.54. The monoisotopic (exact) mass is 188 g/mol. The molecule has 0 fully saturated rings. The van der Waals surface area contributed by atoms with Crippen molar-refractivity contribution in [2.75, 3.05) is 0 Å². The number of benzene rings is 1. The molecule has 0 aliphatic heterocycles. The maximum atomic E-state index is 13.3. The van der Waals surface area contributed by atoms with E-state index in [0.717, 1.165) is 0 Å². The van der Waals surface area contributed by atoms with Crippen LogP contribution >= 0.6 is 0 Å². The standard InChI is InChI=1S/C12H11FN/c13-12-7-3-2-6-11(12)10-14-8-4-1-5-9-14/h1-9H,10H2/q+1. The molecule has 0 aliphatic rings. The van der Waals surface area contributed by atoms with E-state index in [2.05, 4.69) is 0 Å². The van der Waals surface area contributed by atoms with Gasteiger partial charge in [0.1, 0.15) is 5.82 Å². The second-order valence-electron chi connectivity index (χ2n) is 3.14. The van der Waals surface area contributed by atoms with Crippen LogP contribution < -0.4 is 4.57 Å². The first-order chi connectivity index (χ1) is 6.86. The highest BCUT2D eigenvalue weighted by Gasteiger charge is 2.05. The molecular weight excluding hydrogens is 177 g/mol. The predicted molar refractivity (Wildman–Crippen MR) is 52.1 cm³/mol. The Morgan fingerprint density at radius 2 is 1.64 bits per heavy atom. The molecule has 1 aromatic heterocycles. The Morgan fingerprint density at radius 1 is 0.929 bits per heavy atom. The zero-order chi connectivity index (χ0) is 9.80. The van der Waals surface area contributed by atoms with Gasteiger partial charge < -0.3 is 0 Å². The fraction of sp³-hybridized carbons (Fsp3) is 0.0833. The van der Waals surface area contributed by atoms with Crippen molar-refractivity contribution in [3.05, 3.63) is 66.2 Å². The summed E-state index contributed by atoms with van der Waals surface area (Å²) in [4.78, 5) is 0. The van der Waals surface area contributed by atoms with Crippen LogP contribution in [0, 0.1) is 5.82 Å². The second kappa shape index (κ2) is 4.01. The van der Waals surface area contributed by atoms with Gasteiger partial charge in [-0.3, -0.25) is 0 Å². The van der Waals surface area contributed by atoms with Gasteiger partial charge >= 0.3 is 0 Å². The summed E-state index contributed by atoms with van der Waals surface area (Å²) in [6.07, 6.45) is 3.85. The molecule has 1 aromatic carbocycles. The van der Waals surface area contributed by atoms with Crippen LogP contribution in [0.4, 0.5) is 4.39 Å². The van der Waals surface area contributed by atoms with Crippen molar-refractivity contribution >= 4 is 0 Å². The zero-order valence-corrected chi connectivity index (χ0v) is 7.73. The number of hydrogen-bond donors (Lipinski definition) is 0. The molecule has 1 heterocycles. The topological polar surface area (TPSA) is 3.88 Å². The number of halogens is 1. The summed E-state index contributed by atoms with van der Waals surface area (Å²) in [5.74, 6) is -0.149. The lowest BCUT2D eigenvalue weighted by molar-refractivity contribution is -0.688. The molecule has 0 radical (unpaired) electrons. The van der Waals surface area contributed by atoms with Crippen LogP contribution in [0.3, 0.4) is 0 Å². The largest absolute Gasteiger partial charge is 0.206 e. The molecule has 0 amide bonds. The number of pyridine rings is 1. The normalized spacial score (nSPS) is 10.1. The molecule has 70 valence electrons. The van der Waals surface area contributed by atoms with Crippen LogP contribution in [0.5, 0.6) is 0 Å². The Bertz CT molecular complexity index is 412. The highest BCUT2D eigenvalue weighted by molar-refractivity contribution is 5.15. The highest BCUT2D eigenvalue weighted by atomic mass is 19.1. The summed E-state index contributed by atoms with van der Waals surface area (Å²) in [5, 5.41) is 0. The Labute approximate surface area is 82.4 Å². The molecule has 2 rings (SSSR count). The van der Waals surface area contributed by atoms with Gasteiger partial charge in [-0.05, 0) is 12.1 Å². The smallest absolute Gasteiger partial charge is 0.176 e. The van der Waals surface area contributed by atoms with E-state index in [1.165, 1.54) is 6.07 Å². The zero-order valence-electron chi connectivity index (χ0n) is 7.73. The number of rotatable bonds is 2. The van der Waals surface area contributed by atoms with Gasteiger partial charge in [0.15, 0.2) is 18.9 Å². The van der Waals surface area contributed by atoms with E-state index in [1.807, 2.05) is 41.2 Å². The summed E-state index contributed by atoms with van der Waals surface area (Å²) >= 11 is 0. The van der Waals surface area contributed by atoms with Gasteiger partial charge in [-0.25, -0.2) is 8.96 Å². The van der Waals surface area contributed by atoms with E-state index in [0.29, 0.717) is 12.1 Å². The lowest BCUT2D eigenvalue weighted by atomic mass is 10.2. The number of aromatic nitrogens is 1. The van der Waals surface area contributed by atoms with Crippen LogP contribution in [0.2, 0.25) is 0 Å². The van der Waals surface area contributed by atoms with E-state index in [-0.39, 0.29) is 5.82 Å². The van der Waals surface area contributed by atoms with Crippen LogP contribution in [0.25, 0.3) is 0 Å². The maximum absolute atomic E-state index is 13.3. The van der Waals surface area contributed by atoms with Crippen LogP contribution in [0.15, 0.2) is 54.9 Å². The van der Waals surface area contributed by atoms with Gasteiger partial charge in [-0.2, -0.15) is 0 Å². The lowest BCUT2D eigenvalue weighted by Crippen LogP contribution is -2.33. The van der Waals surface area contributed by atoms with Crippen molar-refractivity contribution in [3.63, 3.8) is 0 Å². The van der Waals surface area contributed by atoms with Gasteiger partial charge in [0.2, 0.25) is 0 Å². The number of hydrogen-bond acceptors (Lipinski definition) is 0. The molecule has 0 N–H and O–H groups in total. The molecule has 2 heteroatoms. The summed E-state index contributed by atoms with van der Waals surface area (Å²) in [6, 6.07) is 12.6. The van der Waals surface area contributed by atoms with Gasteiger partial charge in [0.05, 0.1) is 5.56 Å². The summed E-state index contributed by atoms with van der Waals surface area (Å²) in [7, 11) is 0. The molecule has 2 aromatic rings. The molecule has 0 spiro atoms. The van der Waals surface area contributed by atoms with Crippen molar-refractivity contribution < 1.29 is 8.96 Å². The average Bonchev–Trinajstić information content (AvgIpc) is 2.23. The molecule has 0 saturated carbocycles. The Balaban J connectivity index is 2.24. The van der Waals surface area contributed by atoms with E-state index < -0.39 is 0 Å². The molecule has 0 saturated heterocycles. The molecule has 1 nitrogen and oxygen atoms in total. The third-order valence-electron chi connectivity index (χ3n) is 2.09. The van der Waals surface area contributed by atoms with Crippen molar-refractivity contribution in [2.24, 2.45) is 0 Å². The Kier molecular flexibility index (Phi) is 2.54. The first kappa shape index (κ1) is 8.88. The summed E-state index contributed by atoms with van der Waals surface area (Å²) in [5.41, 5.74) is 0.712. The van der Waals surface area contributed by atoms with Crippen molar-refractivity contribution in [3.8, 4) is 0 Å². The average molecular weight is 188 g/mol. The van der Waals surface area contributed by atoms with Crippen molar-refractivity contribution in [1.82, 2.24) is 0 Å². The summed E-state index contributed by atoms with van der Waals surface area (Å²) in [6.45, 7) is 0.577. The Hall–Kier alpha value is -1.70. The van der Waals surface area contributed by atoms with Crippen LogP contribution in [-0.2, 0) is 6.54 Å². The van der Waals surface area contributed by atoms with Crippen molar-refractivity contribution in [1.29, 1.82) is 0 Å². The minimum Gasteiger partial charge on any atom is -0.206 e. The molecule has 14 heavy (non-hydrogen) atoms. The highest BCUT2D eigenvalue weighted by Crippen LogP contribution is 2.04. The minimum absolute atomic E-state index is 0.149. The molecule has 0 unspecified atom stereocenters. The van der Waals surface area contributed by atoms with Crippen LogP contribution in [0.1, 0.15) is 5.56 Å². The first-order valence-corrected chi connectivity index (χ1v) is 4.54. The second-order valence-corrected chi connectivity index (χ2v) is 3.14.